The van der Waals surface area contributed by atoms with E-state index in [1.54, 1.807) is 0 Å². The van der Waals surface area contributed by atoms with Gasteiger partial charge in [0, 0.05) is 26.1 Å². The molecule has 6 heteroatoms. The van der Waals surface area contributed by atoms with Crippen LogP contribution in [0.15, 0.2) is 0 Å². The molecule has 110 valence electrons. The summed E-state index contributed by atoms with van der Waals surface area (Å²) in [4.78, 5) is 18.4. The van der Waals surface area contributed by atoms with Gasteiger partial charge in [-0.3, -0.25) is 0 Å². The molecular formula is C14H20N2O3S. The van der Waals surface area contributed by atoms with E-state index in [0.29, 0.717) is 16.7 Å². The number of carboxylic acid groups (broad SMARTS) is 1. The van der Waals surface area contributed by atoms with E-state index in [1.807, 2.05) is 7.05 Å². The van der Waals surface area contributed by atoms with Crippen LogP contribution in [0.3, 0.4) is 0 Å². The van der Waals surface area contributed by atoms with E-state index in [1.165, 1.54) is 17.8 Å². The van der Waals surface area contributed by atoms with E-state index < -0.39 is 5.97 Å². The second-order valence-electron chi connectivity index (χ2n) is 5.75. The summed E-state index contributed by atoms with van der Waals surface area (Å²) < 4.78 is 5.50. The molecule has 0 amide bonds. The van der Waals surface area contributed by atoms with Crippen LogP contribution in [0.5, 0.6) is 0 Å². The van der Waals surface area contributed by atoms with Crippen molar-refractivity contribution in [3.05, 3.63) is 10.6 Å². The summed E-state index contributed by atoms with van der Waals surface area (Å²) in [7, 11) is 2.00. The molecule has 0 radical (unpaired) electrons. The second kappa shape index (κ2) is 5.69. The fraction of sp³-hybridized carbons (Fsp3) is 0.714. The zero-order valence-corrected chi connectivity index (χ0v) is 12.5. The van der Waals surface area contributed by atoms with Crippen molar-refractivity contribution in [1.29, 1.82) is 0 Å². The van der Waals surface area contributed by atoms with Crippen molar-refractivity contribution in [1.82, 2.24) is 4.98 Å². The van der Waals surface area contributed by atoms with Gasteiger partial charge in [0.05, 0.1) is 12.3 Å². The number of rotatable bonds is 5. The summed E-state index contributed by atoms with van der Waals surface area (Å²) in [6.07, 6.45) is 4.44. The van der Waals surface area contributed by atoms with Gasteiger partial charge in [-0.25, -0.2) is 9.78 Å². The zero-order chi connectivity index (χ0) is 14.1. The van der Waals surface area contributed by atoms with Gasteiger partial charge in [0.15, 0.2) is 5.13 Å². The standard InChI is InChI=1S/C14H20N2O3S/c1-16(7-9-3-2-6-19-8-9)14-15-11(10-4-5-10)12(20-14)13(17)18/h9-10H,2-8H2,1H3,(H,17,18). The van der Waals surface area contributed by atoms with E-state index in [4.69, 9.17) is 4.74 Å². The highest BCUT2D eigenvalue weighted by atomic mass is 32.1. The molecule has 0 spiro atoms. The van der Waals surface area contributed by atoms with Crippen molar-refractivity contribution >= 4 is 22.4 Å². The van der Waals surface area contributed by atoms with Crippen LogP contribution in [0, 0.1) is 5.92 Å². The van der Waals surface area contributed by atoms with Crippen LogP contribution in [0.4, 0.5) is 5.13 Å². The van der Waals surface area contributed by atoms with Crippen LogP contribution in [0.25, 0.3) is 0 Å². The summed E-state index contributed by atoms with van der Waals surface area (Å²) in [5.41, 5.74) is 0.796. The lowest BCUT2D eigenvalue weighted by Crippen LogP contribution is -2.30. The summed E-state index contributed by atoms with van der Waals surface area (Å²) in [5.74, 6) is 0.0536. The smallest absolute Gasteiger partial charge is 0.347 e. The van der Waals surface area contributed by atoms with Gasteiger partial charge in [0.1, 0.15) is 4.88 Å². The van der Waals surface area contributed by atoms with Crippen LogP contribution < -0.4 is 4.90 Å². The van der Waals surface area contributed by atoms with Gasteiger partial charge in [-0.1, -0.05) is 11.3 Å². The minimum atomic E-state index is -0.843. The maximum atomic E-state index is 11.3. The number of carboxylic acids is 1. The highest BCUT2D eigenvalue weighted by Gasteiger charge is 2.32. The molecular weight excluding hydrogens is 276 g/mol. The van der Waals surface area contributed by atoms with Gasteiger partial charge in [-0.05, 0) is 31.6 Å². The molecule has 1 aromatic rings. The van der Waals surface area contributed by atoms with Gasteiger partial charge in [-0.2, -0.15) is 0 Å². The van der Waals surface area contributed by atoms with Crippen LogP contribution >= 0.6 is 11.3 Å². The van der Waals surface area contributed by atoms with Crippen molar-refractivity contribution in [3.8, 4) is 0 Å². The summed E-state index contributed by atoms with van der Waals surface area (Å²) in [5, 5.41) is 10.1. The number of hydrogen-bond donors (Lipinski definition) is 1. The minimum Gasteiger partial charge on any atom is -0.477 e. The van der Waals surface area contributed by atoms with E-state index >= 15 is 0 Å². The molecule has 1 N–H and O–H groups in total. The molecule has 1 aromatic heterocycles. The zero-order valence-electron chi connectivity index (χ0n) is 11.7. The fourth-order valence-electron chi connectivity index (χ4n) is 2.69. The Morgan fingerprint density at radius 1 is 1.50 bits per heavy atom. The number of ether oxygens (including phenoxy) is 1. The number of anilines is 1. The SMILES string of the molecule is CN(CC1CCCOC1)c1nc(C2CC2)c(C(=O)O)s1. The molecule has 0 bridgehead atoms. The van der Waals surface area contributed by atoms with Crippen LogP contribution in [-0.2, 0) is 4.74 Å². The molecule has 5 nitrogen and oxygen atoms in total. The Hall–Kier alpha value is -1.14. The van der Waals surface area contributed by atoms with Crippen molar-refractivity contribution < 1.29 is 14.6 Å². The summed E-state index contributed by atoms with van der Waals surface area (Å²) in [6.45, 7) is 2.56. The third-order valence-electron chi connectivity index (χ3n) is 3.91. The first-order valence-electron chi connectivity index (χ1n) is 7.18. The molecule has 2 aliphatic rings. The predicted octanol–water partition coefficient (Wildman–Crippen LogP) is 2.58. The van der Waals surface area contributed by atoms with Gasteiger partial charge >= 0.3 is 5.97 Å². The first kappa shape index (κ1) is 13.8. The summed E-state index contributed by atoms with van der Waals surface area (Å²) >= 11 is 1.31. The lowest BCUT2D eigenvalue weighted by atomic mass is 10.0. The van der Waals surface area contributed by atoms with Crippen LogP contribution in [0.1, 0.15) is 47.0 Å². The maximum Gasteiger partial charge on any atom is 0.347 e. The van der Waals surface area contributed by atoms with Gasteiger partial charge in [-0.15, -0.1) is 0 Å². The first-order chi connectivity index (χ1) is 9.65. The van der Waals surface area contributed by atoms with E-state index in [2.05, 4.69) is 9.88 Å². The molecule has 0 aromatic carbocycles. The third kappa shape index (κ3) is 2.96. The predicted molar refractivity (Wildman–Crippen MR) is 77.9 cm³/mol. The van der Waals surface area contributed by atoms with Gasteiger partial charge in [0.25, 0.3) is 0 Å². The molecule has 1 saturated heterocycles. The van der Waals surface area contributed by atoms with Gasteiger partial charge in [0.2, 0.25) is 0 Å². The molecule has 1 saturated carbocycles. The molecule has 2 fully saturated rings. The number of aromatic carboxylic acids is 1. The van der Waals surface area contributed by atoms with Crippen molar-refractivity contribution in [3.63, 3.8) is 0 Å². The maximum absolute atomic E-state index is 11.3. The molecule has 1 aliphatic carbocycles. The van der Waals surface area contributed by atoms with E-state index in [-0.39, 0.29) is 0 Å². The van der Waals surface area contributed by atoms with E-state index in [0.717, 1.165) is 49.8 Å². The van der Waals surface area contributed by atoms with Crippen LogP contribution in [-0.4, -0.2) is 42.9 Å². The largest absolute Gasteiger partial charge is 0.477 e. The third-order valence-corrected chi connectivity index (χ3v) is 5.09. The number of thiazole rings is 1. The van der Waals surface area contributed by atoms with Crippen molar-refractivity contribution in [2.24, 2.45) is 5.92 Å². The molecule has 1 atom stereocenters. The van der Waals surface area contributed by atoms with Gasteiger partial charge < -0.3 is 14.7 Å². The molecule has 1 aliphatic heterocycles. The topological polar surface area (TPSA) is 62.7 Å². The minimum absolute atomic E-state index is 0.373. The number of aromatic nitrogens is 1. The second-order valence-corrected chi connectivity index (χ2v) is 6.73. The molecule has 20 heavy (non-hydrogen) atoms. The average molecular weight is 296 g/mol. The van der Waals surface area contributed by atoms with Crippen molar-refractivity contribution in [2.75, 3.05) is 31.7 Å². The Bertz CT molecular complexity index is 493. The Labute approximate surface area is 122 Å². The Morgan fingerprint density at radius 3 is 2.90 bits per heavy atom. The van der Waals surface area contributed by atoms with Crippen molar-refractivity contribution in [2.45, 2.75) is 31.6 Å². The number of hydrogen-bond acceptors (Lipinski definition) is 5. The monoisotopic (exact) mass is 296 g/mol. The highest BCUT2D eigenvalue weighted by Crippen LogP contribution is 2.44. The van der Waals surface area contributed by atoms with Crippen LogP contribution in [0.2, 0.25) is 0 Å². The molecule has 1 unspecified atom stereocenters. The number of nitrogens with zero attached hydrogens (tertiary/aromatic N) is 2. The lowest BCUT2D eigenvalue weighted by Gasteiger charge is -2.26. The summed E-state index contributed by atoms with van der Waals surface area (Å²) in [6, 6.07) is 0. The Kier molecular flexibility index (Phi) is 3.94. The fourth-order valence-corrected chi connectivity index (χ4v) is 3.65. The highest BCUT2D eigenvalue weighted by molar-refractivity contribution is 7.17. The molecule has 2 heterocycles. The first-order valence-corrected chi connectivity index (χ1v) is 7.99. The average Bonchev–Trinajstić information content (AvgIpc) is 3.18. The lowest BCUT2D eigenvalue weighted by molar-refractivity contribution is 0.0576. The van der Waals surface area contributed by atoms with E-state index in [9.17, 15) is 9.90 Å². The quantitative estimate of drug-likeness (QED) is 0.905. The molecule has 3 rings (SSSR count). The normalized spacial score (nSPS) is 22.8. The Balaban J connectivity index is 1.72. The Morgan fingerprint density at radius 2 is 2.30 bits per heavy atom. The number of carbonyl (C=O) groups is 1.